The summed E-state index contributed by atoms with van der Waals surface area (Å²) in [5.41, 5.74) is 7.22. The Kier molecular flexibility index (Phi) is 4.37. The summed E-state index contributed by atoms with van der Waals surface area (Å²) >= 11 is 0. The fourth-order valence-electron chi connectivity index (χ4n) is 2.10. The molecular formula is C14H19N3O2S. The van der Waals surface area contributed by atoms with Crippen LogP contribution in [0.15, 0.2) is 35.4 Å². The lowest BCUT2D eigenvalue weighted by molar-refractivity contribution is 0.543. The molecule has 1 aromatic heterocycles. The fourth-order valence-corrected chi connectivity index (χ4v) is 3.63. The van der Waals surface area contributed by atoms with Gasteiger partial charge in [0.1, 0.15) is 0 Å². The molecule has 0 aliphatic heterocycles. The van der Waals surface area contributed by atoms with Crippen LogP contribution in [0.1, 0.15) is 18.9 Å². The molecule has 108 valence electrons. The first-order valence-corrected chi connectivity index (χ1v) is 8.04. The Labute approximate surface area is 119 Å². The van der Waals surface area contributed by atoms with Crippen molar-refractivity contribution >= 4 is 20.9 Å². The maximum absolute atomic E-state index is 12.5. The number of aromatic nitrogens is 1. The SMILES string of the molecule is CCC(CN)NS(=O)(=O)c1ccc(C)c2ncccc12. The summed E-state index contributed by atoms with van der Waals surface area (Å²) in [5.74, 6) is 0. The molecule has 2 aromatic rings. The molecule has 0 spiro atoms. The van der Waals surface area contributed by atoms with Crippen molar-refractivity contribution in [2.24, 2.45) is 5.73 Å². The molecule has 0 radical (unpaired) electrons. The summed E-state index contributed by atoms with van der Waals surface area (Å²) in [6.45, 7) is 4.08. The lowest BCUT2D eigenvalue weighted by Gasteiger charge is -2.16. The number of pyridine rings is 1. The van der Waals surface area contributed by atoms with Gasteiger partial charge in [0.15, 0.2) is 0 Å². The van der Waals surface area contributed by atoms with Crippen molar-refractivity contribution in [1.29, 1.82) is 0 Å². The molecule has 0 aliphatic rings. The lowest BCUT2D eigenvalue weighted by atomic mass is 10.1. The highest BCUT2D eigenvalue weighted by Gasteiger charge is 2.21. The minimum atomic E-state index is -3.60. The molecule has 5 nitrogen and oxygen atoms in total. The van der Waals surface area contributed by atoms with Crippen LogP contribution in [0.25, 0.3) is 10.9 Å². The van der Waals surface area contributed by atoms with Gasteiger partial charge in [0.05, 0.1) is 10.4 Å². The third-order valence-corrected chi connectivity index (χ3v) is 4.90. The summed E-state index contributed by atoms with van der Waals surface area (Å²) in [7, 11) is -3.60. The zero-order valence-corrected chi connectivity index (χ0v) is 12.4. The molecule has 20 heavy (non-hydrogen) atoms. The van der Waals surface area contributed by atoms with Crippen LogP contribution in [-0.4, -0.2) is 26.0 Å². The fraction of sp³-hybridized carbons (Fsp3) is 0.357. The average Bonchev–Trinajstić information content (AvgIpc) is 2.45. The minimum Gasteiger partial charge on any atom is -0.329 e. The molecule has 0 aliphatic carbocycles. The van der Waals surface area contributed by atoms with Crippen LogP contribution >= 0.6 is 0 Å². The molecule has 0 fully saturated rings. The Morgan fingerprint density at radius 3 is 2.75 bits per heavy atom. The number of nitrogens with zero attached hydrogens (tertiary/aromatic N) is 1. The molecule has 0 bridgehead atoms. The molecule has 1 unspecified atom stereocenters. The predicted octanol–water partition coefficient (Wildman–Crippen LogP) is 1.56. The molecule has 3 N–H and O–H groups in total. The maximum atomic E-state index is 12.5. The van der Waals surface area contributed by atoms with Gasteiger partial charge in [-0.15, -0.1) is 0 Å². The van der Waals surface area contributed by atoms with E-state index in [2.05, 4.69) is 9.71 Å². The van der Waals surface area contributed by atoms with Crippen LogP contribution in [0, 0.1) is 6.92 Å². The average molecular weight is 293 g/mol. The van der Waals surface area contributed by atoms with E-state index < -0.39 is 10.0 Å². The molecule has 1 heterocycles. The third-order valence-electron chi connectivity index (χ3n) is 3.32. The van der Waals surface area contributed by atoms with Crippen molar-refractivity contribution in [3.05, 3.63) is 36.0 Å². The Hall–Kier alpha value is -1.50. The van der Waals surface area contributed by atoms with E-state index in [-0.39, 0.29) is 17.5 Å². The zero-order chi connectivity index (χ0) is 14.8. The topological polar surface area (TPSA) is 85.1 Å². The number of rotatable bonds is 5. The van der Waals surface area contributed by atoms with Crippen molar-refractivity contribution in [3.8, 4) is 0 Å². The van der Waals surface area contributed by atoms with E-state index in [1.165, 1.54) is 0 Å². The molecule has 0 amide bonds. The number of hydrogen-bond acceptors (Lipinski definition) is 4. The van der Waals surface area contributed by atoms with Crippen LogP contribution in [0.4, 0.5) is 0 Å². The Morgan fingerprint density at radius 1 is 1.35 bits per heavy atom. The first-order valence-electron chi connectivity index (χ1n) is 6.56. The predicted molar refractivity (Wildman–Crippen MR) is 79.9 cm³/mol. The largest absolute Gasteiger partial charge is 0.329 e. The van der Waals surface area contributed by atoms with Crippen LogP contribution < -0.4 is 10.5 Å². The highest BCUT2D eigenvalue weighted by molar-refractivity contribution is 7.89. The quantitative estimate of drug-likeness (QED) is 0.876. The number of benzene rings is 1. The number of nitrogens with one attached hydrogen (secondary N) is 1. The number of fused-ring (bicyclic) bond motifs is 1. The van der Waals surface area contributed by atoms with Crippen molar-refractivity contribution in [2.45, 2.75) is 31.2 Å². The minimum absolute atomic E-state index is 0.248. The Morgan fingerprint density at radius 2 is 2.10 bits per heavy atom. The van der Waals surface area contributed by atoms with Crippen LogP contribution in [-0.2, 0) is 10.0 Å². The number of sulfonamides is 1. The molecule has 2 rings (SSSR count). The van der Waals surface area contributed by atoms with Gasteiger partial charge in [-0.25, -0.2) is 13.1 Å². The van der Waals surface area contributed by atoms with E-state index in [1.807, 2.05) is 13.8 Å². The molecule has 0 saturated heterocycles. The van der Waals surface area contributed by atoms with E-state index >= 15 is 0 Å². The van der Waals surface area contributed by atoms with E-state index in [9.17, 15) is 8.42 Å². The monoisotopic (exact) mass is 293 g/mol. The van der Waals surface area contributed by atoms with Gasteiger partial charge >= 0.3 is 0 Å². The summed E-state index contributed by atoms with van der Waals surface area (Å²) in [5, 5.41) is 0.631. The summed E-state index contributed by atoms with van der Waals surface area (Å²) < 4.78 is 27.6. The van der Waals surface area contributed by atoms with E-state index in [0.29, 0.717) is 17.3 Å². The van der Waals surface area contributed by atoms with Crippen LogP contribution in [0.2, 0.25) is 0 Å². The van der Waals surface area contributed by atoms with Crippen molar-refractivity contribution in [3.63, 3.8) is 0 Å². The van der Waals surface area contributed by atoms with Gasteiger partial charge in [0.2, 0.25) is 10.0 Å². The molecule has 0 saturated carbocycles. The standard InChI is InChI=1S/C14H19N3O2S/c1-3-11(9-15)17-20(18,19)13-7-6-10(2)14-12(13)5-4-8-16-14/h4-8,11,17H,3,9,15H2,1-2H3. The maximum Gasteiger partial charge on any atom is 0.241 e. The normalized spacial score (nSPS) is 13.6. The first-order chi connectivity index (χ1) is 9.49. The van der Waals surface area contributed by atoms with Gasteiger partial charge in [-0.1, -0.05) is 13.0 Å². The van der Waals surface area contributed by atoms with Crippen molar-refractivity contribution in [2.75, 3.05) is 6.54 Å². The summed E-state index contributed by atoms with van der Waals surface area (Å²) in [6.07, 6.45) is 2.31. The van der Waals surface area contributed by atoms with E-state index in [1.54, 1.807) is 30.5 Å². The van der Waals surface area contributed by atoms with Gasteiger partial charge in [-0.2, -0.15) is 0 Å². The smallest absolute Gasteiger partial charge is 0.241 e. The molecule has 1 atom stereocenters. The molecular weight excluding hydrogens is 274 g/mol. The first kappa shape index (κ1) is 14.9. The molecule has 6 heteroatoms. The highest BCUT2D eigenvalue weighted by Crippen LogP contribution is 2.24. The second kappa shape index (κ2) is 5.87. The Balaban J connectivity index is 2.55. The second-order valence-corrected chi connectivity index (χ2v) is 6.42. The van der Waals surface area contributed by atoms with Crippen molar-refractivity contribution < 1.29 is 8.42 Å². The Bertz CT molecular complexity index is 709. The van der Waals surface area contributed by atoms with Crippen molar-refractivity contribution in [1.82, 2.24) is 9.71 Å². The number of hydrogen-bond donors (Lipinski definition) is 2. The highest BCUT2D eigenvalue weighted by atomic mass is 32.2. The van der Waals surface area contributed by atoms with Crippen LogP contribution in [0.3, 0.4) is 0 Å². The summed E-state index contributed by atoms with van der Waals surface area (Å²) in [6, 6.07) is 6.64. The third kappa shape index (κ3) is 2.82. The van der Waals surface area contributed by atoms with Gasteiger partial charge in [0, 0.05) is 24.2 Å². The van der Waals surface area contributed by atoms with Gasteiger partial charge in [0.25, 0.3) is 0 Å². The number of aryl methyl sites for hydroxylation is 1. The van der Waals surface area contributed by atoms with Gasteiger partial charge in [-0.3, -0.25) is 4.98 Å². The zero-order valence-electron chi connectivity index (χ0n) is 11.6. The van der Waals surface area contributed by atoms with Gasteiger partial charge in [-0.05, 0) is 37.1 Å². The number of nitrogens with two attached hydrogens (primary N) is 1. The van der Waals surface area contributed by atoms with E-state index in [4.69, 9.17) is 5.73 Å². The van der Waals surface area contributed by atoms with Crippen LogP contribution in [0.5, 0.6) is 0 Å². The second-order valence-electron chi connectivity index (χ2n) is 4.74. The molecule has 1 aromatic carbocycles. The lowest BCUT2D eigenvalue weighted by Crippen LogP contribution is -2.39. The van der Waals surface area contributed by atoms with Gasteiger partial charge < -0.3 is 5.73 Å². The van der Waals surface area contributed by atoms with E-state index in [0.717, 1.165) is 5.56 Å². The summed E-state index contributed by atoms with van der Waals surface area (Å²) in [4.78, 5) is 4.51.